The van der Waals surface area contributed by atoms with Crippen LogP contribution < -0.4 is 0 Å². The Morgan fingerprint density at radius 2 is 1.80 bits per heavy atom. The van der Waals surface area contributed by atoms with Crippen molar-refractivity contribution in [3.05, 3.63) is 54.3 Å². The molecule has 0 bridgehead atoms. The zero-order valence-corrected chi connectivity index (χ0v) is 18.6. The molecule has 1 saturated carbocycles. The van der Waals surface area contributed by atoms with Crippen molar-refractivity contribution in [3.8, 4) is 0 Å². The van der Waals surface area contributed by atoms with Gasteiger partial charge >= 0.3 is 5.97 Å². The van der Waals surface area contributed by atoms with Crippen molar-refractivity contribution >= 4 is 12.0 Å². The Bertz CT molecular complexity index is 965. The van der Waals surface area contributed by atoms with Gasteiger partial charge in [0.2, 0.25) is 6.29 Å². The number of rotatable bonds is 7. The standard InChI is InChI=1S/C24H28O11/c25-10-14-18(28)19(29)20(30)23(33-14)34-22-16-13(8-9-31-22)17(27)21-24(16,35-21)11-32-15(26)7-6-12-4-2-1-3-5-12/h1-9,13-14,16-23,25,27-30H,10-11H2/b7-6+/t13-,14?,16-,17?,18?,19?,20?,21?,22?,23?,24-/m1/s1. The molecule has 0 amide bonds. The zero-order valence-electron chi connectivity index (χ0n) is 18.6. The van der Waals surface area contributed by atoms with Crippen molar-refractivity contribution in [1.82, 2.24) is 0 Å². The van der Waals surface area contributed by atoms with Gasteiger partial charge in [-0.2, -0.15) is 0 Å². The molecule has 0 aromatic heterocycles. The number of fused-ring (bicyclic) bond motifs is 3. The monoisotopic (exact) mass is 492 g/mol. The van der Waals surface area contributed by atoms with Crippen molar-refractivity contribution in [2.45, 2.75) is 54.8 Å². The molecular formula is C24H28O11. The Hall–Kier alpha value is -2.35. The fourth-order valence-electron chi connectivity index (χ4n) is 5.11. The van der Waals surface area contributed by atoms with Crippen LogP contribution in [-0.2, 0) is 28.5 Å². The van der Waals surface area contributed by atoms with Crippen LogP contribution in [0.3, 0.4) is 0 Å². The van der Waals surface area contributed by atoms with Gasteiger partial charge in [-0.05, 0) is 17.7 Å². The highest BCUT2D eigenvalue weighted by atomic mass is 16.8. The fourth-order valence-corrected chi connectivity index (χ4v) is 5.11. The van der Waals surface area contributed by atoms with Crippen molar-refractivity contribution in [2.75, 3.05) is 13.2 Å². The van der Waals surface area contributed by atoms with E-state index in [1.807, 2.05) is 30.3 Å². The van der Waals surface area contributed by atoms with Gasteiger partial charge in [-0.3, -0.25) is 0 Å². The first-order chi connectivity index (χ1) is 16.9. The second kappa shape index (κ2) is 9.60. The summed E-state index contributed by atoms with van der Waals surface area (Å²) in [7, 11) is 0. The van der Waals surface area contributed by atoms with E-state index in [2.05, 4.69) is 0 Å². The molecule has 11 atom stereocenters. The molecule has 3 aliphatic heterocycles. The minimum absolute atomic E-state index is 0.167. The number of esters is 1. The number of aliphatic hydroxyl groups excluding tert-OH is 5. The number of carbonyl (C=O) groups is 1. The lowest BCUT2D eigenvalue weighted by Gasteiger charge is -2.43. The van der Waals surface area contributed by atoms with Gasteiger partial charge in [0, 0.05) is 12.0 Å². The lowest BCUT2D eigenvalue weighted by molar-refractivity contribution is -0.344. The molecule has 0 spiro atoms. The van der Waals surface area contributed by atoms with E-state index < -0.39 is 79.2 Å². The van der Waals surface area contributed by atoms with E-state index in [1.54, 1.807) is 12.2 Å². The molecule has 4 aliphatic rings. The van der Waals surface area contributed by atoms with Gasteiger partial charge in [0.25, 0.3) is 0 Å². The molecule has 190 valence electrons. The van der Waals surface area contributed by atoms with Crippen LogP contribution in [0.1, 0.15) is 5.56 Å². The Kier molecular flexibility index (Phi) is 6.68. The highest BCUT2D eigenvalue weighted by molar-refractivity contribution is 5.87. The minimum Gasteiger partial charge on any atom is -0.472 e. The molecule has 0 radical (unpaired) electrons. The highest BCUT2D eigenvalue weighted by Gasteiger charge is 2.76. The van der Waals surface area contributed by atoms with E-state index in [0.717, 1.165) is 5.56 Å². The molecule has 1 aromatic carbocycles. The lowest BCUT2D eigenvalue weighted by atomic mass is 9.85. The predicted octanol–water partition coefficient (Wildman–Crippen LogP) is -1.33. The maximum atomic E-state index is 12.3. The van der Waals surface area contributed by atoms with Crippen molar-refractivity contribution in [1.29, 1.82) is 0 Å². The number of epoxide rings is 1. The van der Waals surface area contributed by atoms with Gasteiger partial charge < -0.3 is 49.2 Å². The molecule has 8 unspecified atom stereocenters. The summed E-state index contributed by atoms with van der Waals surface area (Å²) in [5.74, 6) is -1.67. The predicted molar refractivity (Wildman–Crippen MR) is 116 cm³/mol. The smallest absolute Gasteiger partial charge is 0.330 e. The van der Waals surface area contributed by atoms with E-state index >= 15 is 0 Å². The second-order valence-electron chi connectivity index (χ2n) is 9.11. The molecule has 11 heteroatoms. The Balaban J connectivity index is 1.28. The van der Waals surface area contributed by atoms with Crippen LogP contribution in [0.25, 0.3) is 6.08 Å². The second-order valence-corrected chi connectivity index (χ2v) is 9.11. The summed E-state index contributed by atoms with van der Waals surface area (Å²) in [4.78, 5) is 12.3. The van der Waals surface area contributed by atoms with Gasteiger partial charge in [0.05, 0.1) is 24.9 Å². The topological polar surface area (TPSA) is 168 Å². The normalized spacial score (nSPS) is 43.9. The van der Waals surface area contributed by atoms with Gasteiger partial charge in [0.15, 0.2) is 6.29 Å². The summed E-state index contributed by atoms with van der Waals surface area (Å²) >= 11 is 0. The van der Waals surface area contributed by atoms with Gasteiger partial charge in [-0.1, -0.05) is 30.3 Å². The minimum atomic E-state index is -1.63. The summed E-state index contributed by atoms with van der Waals surface area (Å²) in [5, 5.41) is 50.5. The highest BCUT2D eigenvalue weighted by Crippen LogP contribution is 2.60. The number of hydrogen-bond acceptors (Lipinski definition) is 11. The molecule has 1 aliphatic carbocycles. The molecule has 3 heterocycles. The first-order valence-electron chi connectivity index (χ1n) is 11.4. The van der Waals surface area contributed by atoms with E-state index in [-0.39, 0.29) is 6.61 Å². The summed E-state index contributed by atoms with van der Waals surface area (Å²) in [6.07, 6.45) is -4.06. The molecular weight excluding hydrogens is 464 g/mol. The average Bonchev–Trinajstić information content (AvgIpc) is 3.56. The van der Waals surface area contributed by atoms with Gasteiger partial charge in [-0.25, -0.2) is 4.79 Å². The van der Waals surface area contributed by atoms with Crippen LogP contribution in [-0.4, -0.2) is 99.5 Å². The number of hydrogen-bond donors (Lipinski definition) is 5. The van der Waals surface area contributed by atoms with Crippen molar-refractivity contribution < 1.29 is 54.0 Å². The van der Waals surface area contributed by atoms with Crippen molar-refractivity contribution in [2.24, 2.45) is 11.8 Å². The maximum Gasteiger partial charge on any atom is 0.330 e. The molecule has 2 saturated heterocycles. The van der Waals surface area contributed by atoms with Crippen LogP contribution >= 0.6 is 0 Å². The van der Waals surface area contributed by atoms with Gasteiger partial charge in [-0.15, -0.1) is 0 Å². The van der Waals surface area contributed by atoms with Crippen LogP contribution in [0.4, 0.5) is 0 Å². The maximum absolute atomic E-state index is 12.3. The largest absolute Gasteiger partial charge is 0.472 e. The Labute approximate surface area is 200 Å². The third kappa shape index (κ3) is 4.39. The quantitative estimate of drug-likeness (QED) is 0.174. The third-order valence-electron chi connectivity index (χ3n) is 7.03. The molecule has 11 nitrogen and oxygen atoms in total. The van der Waals surface area contributed by atoms with E-state index in [9.17, 15) is 30.3 Å². The van der Waals surface area contributed by atoms with Crippen LogP contribution in [0.15, 0.2) is 48.7 Å². The number of benzene rings is 1. The summed E-state index contributed by atoms with van der Waals surface area (Å²) in [6, 6.07) is 9.24. The van der Waals surface area contributed by atoms with E-state index in [1.165, 1.54) is 12.3 Å². The number of carbonyl (C=O) groups excluding carboxylic acids is 1. The zero-order chi connectivity index (χ0) is 24.7. The van der Waals surface area contributed by atoms with Crippen LogP contribution in [0, 0.1) is 11.8 Å². The van der Waals surface area contributed by atoms with E-state index in [0.29, 0.717) is 0 Å². The first-order valence-corrected chi connectivity index (χ1v) is 11.4. The molecule has 5 rings (SSSR count). The number of ether oxygens (including phenoxy) is 5. The van der Waals surface area contributed by atoms with Gasteiger partial charge in [0.1, 0.15) is 42.7 Å². The molecule has 3 fully saturated rings. The average molecular weight is 492 g/mol. The molecule has 35 heavy (non-hydrogen) atoms. The lowest BCUT2D eigenvalue weighted by Crippen LogP contribution is -2.60. The van der Waals surface area contributed by atoms with Crippen LogP contribution in [0.5, 0.6) is 0 Å². The first kappa shape index (κ1) is 24.3. The summed E-state index contributed by atoms with van der Waals surface area (Å²) in [5.41, 5.74) is -0.248. The summed E-state index contributed by atoms with van der Waals surface area (Å²) < 4.78 is 28.1. The molecule has 1 aromatic rings. The number of aliphatic hydroxyl groups is 5. The molecule has 5 N–H and O–H groups in total. The fraction of sp³-hybridized carbons (Fsp3) is 0.542. The summed E-state index contributed by atoms with van der Waals surface area (Å²) in [6.45, 7) is -0.776. The SMILES string of the molecule is O=C(/C=C/c1ccccc1)OC[C@]12OC1C(O)[C@@H]1C=COC(OC3OC(CO)C(O)C(O)C3O)[C@@H]12. The Morgan fingerprint density at radius 1 is 1.03 bits per heavy atom. The van der Waals surface area contributed by atoms with Crippen LogP contribution in [0.2, 0.25) is 0 Å². The third-order valence-corrected chi connectivity index (χ3v) is 7.03. The Morgan fingerprint density at radius 3 is 2.54 bits per heavy atom. The van der Waals surface area contributed by atoms with E-state index in [4.69, 9.17) is 23.7 Å². The van der Waals surface area contributed by atoms with Crippen molar-refractivity contribution in [3.63, 3.8) is 0 Å².